The molecule has 1 aromatic heterocycles. The maximum Gasteiger partial charge on any atom is 0.341 e. The van der Waals surface area contributed by atoms with Crippen LogP contribution in [0.5, 0.6) is 0 Å². The van der Waals surface area contributed by atoms with Crippen LogP contribution in [0.1, 0.15) is 29.8 Å². The minimum Gasteiger partial charge on any atom is -0.445 e. The highest BCUT2D eigenvalue weighted by atomic mass is 127. The van der Waals surface area contributed by atoms with Crippen LogP contribution in [0.3, 0.4) is 0 Å². The summed E-state index contributed by atoms with van der Waals surface area (Å²) in [7, 11) is 0. The molecule has 0 atom stereocenters. The Balaban J connectivity index is 2.31. The molecule has 2 aromatic rings. The van der Waals surface area contributed by atoms with Gasteiger partial charge in [0.15, 0.2) is 3.61 Å². The molecule has 0 spiro atoms. The number of rotatable bonds is 4. The molecule has 0 aliphatic carbocycles. The van der Waals surface area contributed by atoms with Gasteiger partial charge in [0, 0.05) is 0 Å². The van der Waals surface area contributed by atoms with Gasteiger partial charge in [0.2, 0.25) is 0 Å². The topological polar surface area (TPSA) is 51.2 Å². The minimum atomic E-state index is -0.560. The van der Waals surface area contributed by atoms with Crippen LogP contribution in [0.4, 0.5) is 11.4 Å². The first-order chi connectivity index (χ1) is 10.2. The van der Waals surface area contributed by atoms with E-state index in [-0.39, 0.29) is 5.97 Å². The van der Waals surface area contributed by atoms with Crippen LogP contribution in [-0.4, -0.2) is 14.6 Å². The van der Waals surface area contributed by atoms with Crippen molar-refractivity contribution >= 4 is 55.9 Å². The van der Waals surface area contributed by atoms with Gasteiger partial charge in [-0.1, -0.05) is 11.6 Å². The molecule has 0 amide bonds. The number of hydrogen-bond acceptors (Lipinski definition) is 4. The first kappa shape index (κ1) is 17.2. The van der Waals surface area contributed by atoms with Crippen molar-refractivity contribution in [2.75, 3.05) is 5.32 Å². The van der Waals surface area contributed by atoms with Gasteiger partial charge in [-0.3, -0.25) is 0 Å². The predicted molar refractivity (Wildman–Crippen MR) is 99.9 cm³/mol. The molecule has 22 heavy (non-hydrogen) atoms. The zero-order chi connectivity index (χ0) is 16.3. The Morgan fingerprint density at radius 3 is 2.64 bits per heavy atom. The number of carbonyl (C=O) groups is 1. The number of anilines is 2. The lowest BCUT2D eigenvalue weighted by molar-refractivity contribution is 0.0341. The van der Waals surface area contributed by atoms with Gasteiger partial charge in [-0.2, -0.15) is 0 Å². The number of pyridine rings is 1. The summed E-state index contributed by atoms with van der Waals surface area (Å²) in [6.45, 7) is 5.62. The molecule has 0 unspecified atom stereocenters. The number of ether oxygens (including phenoxy) is 1. The minimum absolute atomic E-state index is 0.351. The van der Waals surface area contributed by atoms with Crippen molar-refractivity contribution in [3.8, 4) is 0 Å². The molecular weight excluding hydrogens is 459 g/mol. The number of alkyl halides is 1. The Kier molecular flexibility index (Phi) is 5.44. The van der Waals surface area contributed by atoms with Crippen LogP contribution in [0.15, 0.2) is 41.1 Å². The molecule has 0 radical (unpaired) electrons. The zero-order valence-electron chi connectivity index (χ0n) is 12.5. The van der Waals surface area contributed by atoms with E-state index in [0.717, 1.165) is 15.9 Å². The van der Waals surface area contributed by atoms with Crippen LogP contribution in [0, 0.1) is 6.92 Å². The maximum atomic E-state index is 12.4. The van der Waals surface area contributed by atoms with Crippen molar-refractivity contribution in [3.63, 3.8) is 0 Å². The predicted octanol–water partition coefficient (Wildman–Crippen LogP) is 5.22. The van der Waals surface area contributed by atoms with Gasteiger partial charge in [-0.05, 0) is 83.6 Å². The largest absolute Gasteiger partial charge is 0.445 e. The molecule has 2 rings (SSSR count). The molecule has 1 aromatic carbocycles. The fourth-order valence-corrected chi connectivity index (χ4v) is 2.25. The van der Waals surface area contributed by atoms with Gasteiger partial charge in [-0.15, -0.1) is 0 Å². The number of esters is 1. The third-order valence-electron chi connectivity index (χ3n) is 2.74. The van der Waals surface area contributed by atoms with Gasteiger partial charge >= 0.3 is 5.97 Å². The highest BCUT2D eigenvalue weighted by molar-refractivity contribution is 14.1. The summed E-state index contributed by atoms with van der Waals surface area (Å²) in [5.74, 6) is -0.351. The number of halogens is 2. The second-order valence-electron chi connectivity index (χ2n) is 5.30. The molecule has 4 nitrogen and oxygen atoms in total. The SMILES string of the molecule is Cc1ccc(Nc2ccc(Br)nc2)c(C(=O)OC(C)(C)I)c1. The summed E-state index contributed by atoms with van der Waals surface area (Å²) in [6.07, 6.45) is 1.70. The fourth-order valence-electron chi connectivity index (χ4n) is 1.82. The van der Waals surface area contributed by atoms with Gasteiger partial charge < -0.3 is 10.1 Å². The van der Waals surface area contributed by atoms with Crippen molar-refractivity contribution in [1.82, 2.24) is 4.98 Å². The summed E-state index contributed by atoms with van der Waals surface area (Å²) >= 11 is 5.38. The van der Waals surface area contributed by atoms with Crippen molar-refractivity contribution in [3.05, 3.63) is 52.3 Å². The van der Waals surface area contributed by atoms with E-state index < -0.39 is 3.61 Å². The quantitative estimate of drug-likeness (QED) is 0.285. The van der Waals surface area contributed by atoms with E-state index in [1.807, 2.05) is 51.1 Å². The van der Waals surface area contributed by atoms with E-state index in [4.69, 9.17) is 4.74 Å². The number of hydrogen-bond donors (Lipinski definition) is 1. The highest BCUT2D eigenvalue weighted by Gasteiger charge is 2.22. The van der Waals surface area contributed by atoms with Crippen molar-refractivity contribution in [2.45, 2.75) is 24.4 Å². The van der Waals surface area contributed by atoms with Crippen LogP contribution >= 0.6 is 38.5 Å². The molecule has 0 fully saturated rings. The van der Waals surface area contributed by atoms with Gasteiger partial charge in [0.25, 0.3) is 0 Å². The number of nitrogens with one attached hydrogen (secondary N) is 1. The standard InChI is InChI=1S/C16H16BrIN2O2/c1-10-4-6-13(20-11-5-7-14(17)19-9-11)12(8-10)15(21)22-16(2,3)18/h4-9,20H,1-3H3. The lowest BCUT2D eigenvalue weighted by atomic mass is 10.1. The Bertz CT molecular complexity index is 682. The third kappa shape index (κ3) is 4.95. The Labute approximate surface area is 151 Å². The van der Waals surface area contributed by atoms with E-state index in [1.54, 1.807) is 6.20 Å². The summed E-state index contributed by atoms with van der Waals surface area (Å²) in [5, 5.41) is 3.21. The molecule has 0 aliphatic heterocycles. The summed E-state index contributed by atoms with van der Waals surface area (Å²) in [6, 6.07) is 9.35. The van der Waals surface area contributed by atoms with Gasteiger partial charge in [-0.25, -0.2) is 9.78 Å². The van der Waals surface area contributed by atoms with E-state index in [2.05, 4.69) is 48.8 Å². The molecule has 1 heterocycles. The van der Waals surface area contributed by atoms with E-state index in [1.165, 1.54) is 0 Å². The molecule has 116 valence electrons. The van der Waals surface area contributed by atoms with Crippen LogP contribution in [-0.2, 0) is 4.74 Å². The molecule has 0 saturated heterocycles. The van der Waals surface area contributed by atoms with E-state index in [9.17, 15) is 4.79 Å². The molecular formula is C16H16BrIN2O2. The molecule has 6 heteroatoms. The molecule has 0 aliphatic rings. The Morgan fingerprint density at radius 1 is 1.32 bits per heavy atom. The average molecular weight is 475 g/mol. The smallest absolute Gasteiger partial charge is 0.341 e. The number of carbonyl (C=O) groups excluding carboxylic acids is 1. The number of benzene rings is 1. The number of aryl methyl sites for hydroxylation is 1. The van der Waals surface area contributed by atoms with Crippen molar-refractivity contribution in [1.29, 1.82) is 0 Å². The van der Waals surface area contributed by atoms with Crippen LogP contribution in [0.2, 0.25) is 0 Å². The lowest BCUT2D eigenvalue weighted by Gasteiger charge is -2.19. The van der Waals surface area contributed by atoms with Crippen molar-refractivity contribution < 1.29 is 9.53 Å². The van der Waals surface area contributed by atoms with Crippen molar-refractivity contribution in [2.24, 2.45) is 0 Å². The van der Waals surface area contributed by atoms with E-state index in [0.29, 0.717) is 11.3 Å². The maximum absolute atomic E-state index is 12.4. The first-order valence-electron chi connectivity index (χ1n) is 6.66. The molecule has 0 bridgehead atoms. The first-order valence-corrected chi connectivity index (χ1v) is 8.53. The molecule has 0 saturated carbocycles. The van der Waals surface area contributed by atoms with Crippen LogP contribution in [0.25, 0.3) is 0 Å². The second kappa shape index (κ2) is 6.95. The Hall–Kier alpha value is -1.15. The number of nitrogens with zero attached hydrogens (tertiary/aromatic N) is 1. The van der Waals surface area contributed by atoms with Gasteiger partial charge in [0.1, 0.15) is 4.60 Å². The average Bonchev–Trinajstić information content (AvgIpc) is 2.41. The summed E-state index contributed by atoms with van der Waals surface area (Å²) < 4.78 is 5.66. The number of aromatic nitrogens is 1. The zero-order valence-corrected chi connectivity index (χ0v) is 16.2. The highest BCUT2D eigenvalue weighted by Crippen LogP contribution is 2.26. The summed E-state index contributed by atoms with van der Waals surface area (Å²) in [5.41, 5.74) is 3.00. The Morgan fingerprint density at radius 2 is 2.05 bits per heavy atom. The normalized spacial score (nSPS) is 11.1. The fraction of sp³-hybridized carbons (Fsp3) is 0.250. The van der Waals surface area contributed by atoms with Gasteiger partial charge in [0.05, 0.1) is 23.1 Å². The van der Waals surface area contributed by atoms with Crippen LogP contribution < -0.4 is 5.32 Å². The third-order valence-corrected chi connectivity index (χ3v) is 3.43. The second-order valence-corrected chi connectivity index (χ2v) is 8.71. The summed E-state index contributed by atoms with van der Waals surface area (Å²) in [4.78, 5) is 16.6. The lowest BCUT2D eigenvalue weighted by Crippen LogP contribution is -2.21. The van der Waals surface area contributed by atoms with E-state index >= 15 is 0 Å². The molecule has 1 N–H and O–H groups in total. The monoisotopic (exact) mass is 474 g/mol.